The van der Waals surface area contributed by atoms with Gasteiger partial charge in [0.05, 0.1) is 7.11 Å². The molecule has 0 aromatic heterocycles. The first-order valence-electron chi connectivity index (χ1n) is 4.57. The molecule has 1 aromatic rings. The summed E-state index contributed by atoms with van der Waals surface area (Å²) in [6.45, 7) is 0. The predicted molar refractivity (Wildman–Crippen MR) is 62.3 cm³/mol. The van der Waals surface area contributed by atoms with Crippen LogP contribution in [0, 0.1) is 0 Å². The van der Waals surface area contributed by atoms with Gasteiger partial charge in [-0.25, -0.2) is 0 Å². The Bertz CT molecular complexity index is 290. The van der Waals surface area contributed by atoms with Crippen LogP contribution in [0.3, 0.4) is 0 Å². The number of ether oxygens (including phenoxy) is 1. The van der Waals surface area contributed by atoms with Crippen LogP contribution < -0.4 is 5.32 Å². The van der Waals surface area contributed by atoms with Gasteiger partial charge in [0.25, 0.3) is 0 Å². The number of carbonyl (C=O) groups excluding carboxylic acids is 1. The van der Waals surface area contributed by atoms with Gasteiger partial charge in [-0.1, -0.05) is 30.3 Å². The van der Waals surface area contributed by atoms with E-state index in [1.165, 1.54) is 7.11 Å². The van der Waals surface area contributed by atoms with Gasteiger partial charge in [0, 0.05) is 0 Å². The van der Waals surface area contributed by atoms with Gasteiger partial charge in [-0.05, 0) is 19.0 Å². The molecule has 0 amide bonds. The van der Waals surface area contributed by atoms with Crippen molar-refractivity contribution in [3.8, 4) is 0 Å². The van der Waals surface area contributed by atoms with Crippen molar-refractivity contribution in [2.24, 2.45) is 0 Å². The maximum Gasteiger partial charge on any atom is 0.323 e. The van der Waals surface area contributed by atoms with E-state index in [2.05, 4.69) is 10.1 Å². The number of hydrogen-bond donors (Lipinski definition) is 1. The van der Waals surface area contributed by atoms with Crippen molar-refractivity contribution in [2.75, 3.05) is 14.2 Å². The van der Waals surface area contributed by atoms with E-state index in [-0.39, 0.29) is 24.4 Å². The minimum absolute atomic E-state index is 0. The van der Waals surface area contributed by atoms with Gasteiger partial charge in [-0.3, -0.25) is 4.79 Å². The summed E-state index contributed by atoms with van der Waals surface area (Å²) in [6, 6.07) is 9.59. The number of nitrogens with one attached hydrogen (secondary N) is 1. The number of halogens is 1. The maximum absolute atomic E-state index is 11.3. The highest BCUT2D eigenvalue weighted by Gasteiger charge is 2.16. The first-order valence-corrected chi connectivity index (χ1v) is 4.57. The fraction of sp³-hybridized carbons (Fsp3) is 0.364. The lowest BCUT2D eigenvalue weighted by Gasteiger charge is -2.13. The molecule has 0 aliphatic carbocycles. The van der Waals surface area contributed by atoms with Gasteiger partial charge in [0.2, 0.25) is 0 Å². The first-order chi connectivity index (χ1) is 6.77. The second-order valence-electron chi connectivity index (χ2n) is 3.05. The number of benzene rings is 1. The van der Waals surface area contributed by atoms with E-state index in [9.17, 15) is 4.79 Å². The summed E-state index contributed by atoms with van der Waals surface area (Å²) in [7, 11) is 3.15. The van der Waals surface area contributed by atoms with E-state index < -0.39 is 0 Å². The van der Waals surface area contributed by atoms with Crippen LogP contribution in [0.2, 0.25) is 0 Å². The smallest absolute Gasteiger partial charge is 0.323 e. The number of esters is 1. The number of methoxy groups -OCH3 is 1. The van der Waals surface area contributed by atoms with Gasteiger partial charge in [0.1, 0.15) is 6.04 Å². The van der Waals surface area contributed by atoms with Crippen LogP contribution in [0.4, 0.5) is 0 Å². The summed E-state index contributed by atoms with van der Waals surface area (Å²) in [4.78, 5) is 11.3. The third-order valence-electron chi connectivity index (χ3n) is 2.12. The SMILES string of the molecule is CN[C@@H](Cc1ccccc1)C(=O)OC.Cl. The predicted octanol–water partition coefficient (Wildman–Crippen LogP) is 1.41. The van der Waals surface area contributed by atoms with E-state index >= 15 is 0 Å². The Hall–Kier alpha value is -1.06. The topological polar surface area (TPSA) is 38.3 Å². The Kier molecular flexibility index (Phi) is 6.75. The largest absolute Gasteiger partial charge is 0.468 e. The third-order valence-corrected chi connectivity index (χ3v) is 2.12. The lowest BCUT2D eigenvalue weighted by atomic mass is 10.1. The summed E-state index contributed by atoms with van der Waals surface area (Å²) >= 11 is 0. The highest BCUT2D eigenvalue weighted by molar-refractivity contribution is 5.85. The lowest BCUT2D eigenvalue weighted by Crippen LogP contribution is -2.36. The molecule has 1 rings (SSSR count). The molecule has 0 saturated heterocycles. The summed E-state index contributed by atoms with van der Waals surface area (Å²) < 4.78 is 4.67. The number of carbonyl (C=O) groups is 1. The van der Waals surface area contributed by atoms with Gasteiger partial charge < -0.3 is 10.1 Å². The zero-order valence-electron chi connectivity index (χ0n) is 8.90. The van der Waals surface area contributed by atoms with Crippen molar-refractivity contribution in [1.82, 2.24) is 5.32 Å². The zero-order chi connectivity index (χ0) is 10.4. The lowest BCUT2D eigenvalue weighted by molar-refractivity contribution is -0.142. The Morgan fingerprint density at radius 2 is 2.00 bits per heavy atom. The van der Waals surface area contributed by atoms with Crippen LogP contribution in [0.15, 0.2) is 30.3 Å². The molecule has 0 heterocycles. The summed E-state index contributed by atoms with van der Waals surface area (Å²) in [6.07, 6.45) is 0.657. The monoisotopic (exact) mass is 229 g/mol. The van der Waals surface area contributed by atoms with Crippen molar-refractivity contribution < 1.29 is 9.53 Å². The molecule has 0 spiro atoms. The molecule has 3 nitrogen and oxygen atoms in total. The van der Waals surface area contributed by atoms with Crippen molar-refractivity contribution in [2.45, 2.75) is 12.5 Å². The van der Waals surface area contributed by atoms with Gasteiger partial charge in [-0.15, -0.1) is 12.4 Å². The second kappa shape index (κ2) is 7.26. The molecular weight excluding hydrogens is 214 g/mol. The van der Waals surface area contributed by atoms with Crippen molar-refractivity contribution in [1.29, 1.82) is 0 Å². The Morgan fingerprint density at radius 3 is 2.47 bits per heavy atom. The Labute approximate surface area is 96.2 Å². The molecule has 0 unspecified atom stereocenters. The highest BCUT2D eigenvalue weighted by Crippen LogP contribution is 2.03. The van der Waals surface area contributed by atoms with Crippen LogP contribution in [0.25, 0.3) is 0 Å². The Balaban J connectivity index is 0.00000196. The van der Waals surface area contributed by atoms with Crippen LogP contribution >= 0.6 is 12.4 Å². The number of likely N-dealkylation sites (N-methyl/N-ethyl adjacent to an activating group) is 1. The summed E-state index contributed by atoms with van der Waals surface area (Å²) in [5.74, 6) is -0.226. The average molecular weight is 230 g/mol. The third kappa shape index (κ3) is 4.32. The molecule has 4 heteroatoms. The fourth-order valence-corrected chi connectivity index (χ4v) is 1.30. The van der Waals surface area contributed by atoms with Crippen molar-refractivity contribution in [3.05, 3.63) is 35.9 Å². The van der Waals surface area contributed by atoms with Crippen molar-refractivity contribution in [3.63, 3.8) is 0 Å². The second-order valence-corrected chi connectivity index (χ2v) is 3.05. The molecule has 0 bridgehead atoms. The van der Waals surface area contributed by atoms with Crippen LogP contribution in [0.1, 0.15) is 5.56 Å². The molecule has 0 radical (unpaired) electrons. The minimum Gasteiger partial charge on any atom is -0.468 e. The van der Waals surface area contributed by atoms with E-state index in [1.54, 1.807) is 7.05 Å². The molecule has 15 heavy (non-hydrogen) atoms. The van der Waals surface area contributed by atoms with Crippen LogP contribution in [-0.2, 0) is 16.0 Å². The minimum atomic E-state index is -0.262. The van der Waals surface area contributed by atoms with E-state index in [1.807, 2.05) is 30.3 Å². The number of hydrogen-bond acceptors (Lipinski definition) is 3. The fourth-order valence-electron chi connectivity index (χ4n) is 1.30. The maximum atomic E-state index is 11.3. The zero-order valence-corrected chi connectivity index (χ0v) is 9.71. The number of rotatable bonds is 4. The highest BCUT2D eigenvalue weighted by atomic mass is 35.5. The van der Waals surface area contributed by atoms with Crippen LogP contribution in [-0.4, -0.2) is 26.2 Å². The summed E-state index contributed by atoms with van der Waals surface area (Å²) in [5.41, 5.74) is 1.12. The summed E-state index contributed by atoms with van der Waals surface area (Å²) in [5, 5.41) is 2.93. The molecular formula is C11H16ClNO2. The molecule has 1 atom stereocenters. The molecule has 0 fully saturated rings. The first kappa shape index (κ1) is 13.9. The average Bonchev–Trinajstić information content (AvgIpc) is 2.26. The quantitative estimate of drug-likeness (QED) is 0.794. The van der Waals surface area contributed by atoms with Gasteiger partial charge in [0.15, 0.2) is 0 Å². The van der Waals surface area contributed by atoms with Gasteiger partial charge >= 0.3 is 5.97 Å². The van der Waals surface area contributed by atoms with Crippen molar-refractivity contribution >= 4 is 18.4 Å². The van der Waals surface area contributed by atoms with E-state index in [4.69, 9.17) is 0 Å². The molecule has 1 N–H and O–H groups in total. The normalized spacial score (nSPS) is 11.3. The standard InChI is InChI=1S/C11H15NO2.ClH/c1-12-10(11(13)14-2)8-9-6-4-3-5-7-9;/h3-7,10,12H,8H2,1-2H3;1H/t10-;/m0./s1. The van der Waals surface area contributed by atoms with E-state index in [0.717, 1.165) is 5.56 Å². The van der Waals surface area contributed by atoms with Crippen LogP contribution in [0.5, 0.6) is 0 Å². The molecule has 84 valence electrons. The molecule has 0 aliphatic rings. The Morgan fingerprint density at radius 1 is 1.40 bits per heavy atom. The van der Waals surface area contributed by atoms with Gasteiger partial charge in [-0.2, -0.15) is 0 Å². The molecule has 0 aliphatic heterocycles. The molecule has 1 aromatic carbocycles. The van der Waals surface area contributed by atoms with E-state index in [0.29, 0.717) is 6.42 Å². The molecule has 0 saturated carbocycles.